The number of hydrogen-bond acceptors (Lipinski definition) is 5. The molecule has 0 heterocycles. The summed E-state index contributed by atoms with van der Waals surface area (Å²) in [6, 6.07) is 3.83. The number of carbonyl (C=O) groups excluding carboxylic acids is 2. The first-order valence-corrected chi connectivity index (χ1v) is 10.5. The van der Waals surface area contributed by atoms with Crippen molar-refractivity contribution in [1.29, 1.82) is 0 Å². The van der Waals surface area contributed by atoms with Gasteiger partial charge >= 0.3 is 18.2 Å². The second-order valence-corrected chi connectivity index (χ2v) is 8.60. The van der Waals surface area contributed by atoms with Crippen molar-refractivity contribution < 1.29 is 41.7 Å². The molecular weight excluding hydrogens is 458 g/mol. The maximum Gasteiger partial charge on any atom is 0.417 e. The predicted octanol–water partition coefficient (Wildman–Crippen LogP) is 6.04. The second kappa shape index (κ2) is 10.3. The molecule has 0 unspecified atom stereocenters. The summed E-state index contributed by atoms with van der Waals surface area (Å²) in [6.45, 7) is 7.74. The Morgan fingerprint density at radius 1 is 1.15 bits per heavy atom. The van der Waals surface area contributed by atoms with Crippen LogP contribution in [0.2, 0.25) is 0 Å². The molecule has 0 fully saturated rings. The van der Waals surface area contributed by atoms with Crippen molar-refractivity contribution in [3.63, 3.8) is 0 Å². The zero-order chi connectivity index (χ0) is 25.8. The van der Waals surface area contributed by atoms with Crippen molar-refractivity contribution in [3.05, 3.63) is 52.8 Å². The average Bonchev–Trinajstić information content (AvgIpc) is 2.67. The molecular formula is C24H27F4NO5. The van der Waals surface area contributed by atoms with Crippen molar-refractivity contribution >= 4 is 12.1 Å². The number of benzene rings is 2. The molecule has 2 aromatic carbocycles. The molecule has 2 N–H and O–H groups in total. The molecule has 0 aromatic heterocycles. The Labute approximate surface area is 194 Å². The summed E-state index contributed by atoms with van der Waals surface area (Å²) in [6.07, 6.45) is -6.25. The van der Waals surface area contributed by atoms with Crippen LogP contribution in [-0.4, -0.2) is 29.4 Å². The van der Waals surface area contributed by atoms with E-state index in [4.69, 9.17) is 9.47 Å². The lowest BCUT2D eigenvalue weighted by Gasteiger charge is -2.25. The van der Waals surface area contributed by atoms with Crippen LogP contribution in [0.3, 0.4) is 0 Å². The van der Waals surface area contributed by atoms with Crippen LogP contribution in [0.25, 0.3) is 11.1 Å². The van der Waals surface area contributed by atoms with E-state index < -0.39 is 59.0 Å². The van der Waals surface area contributed by atoms with Gasteiger partial charge in [-0.2, -0.15) is 13.2 Å². The van der Waals surface area contributed by atoms with Crippen LogP contribution in [0.1, 0.15) is 56.8 Å². The highest BCUT2D eigenvalue weighted by atomic mass is 19.4. The van der Waals surface area contributed by atoms with Crippen LogP contribution in [0.4, 0.5) is 22.4 Å². The molecule has 0 saturated heterocycles. The van der Waals surface area contributed by atoms with Gasteiger partial charge in [0, 0.05) is 11.1 Å². The van der Waals surface area contributed by atoms with Gasteiger partial charge in [0.15, 0.2) is 0 Å². The molecule has 0 aliphatic carbocycles. The third kappa shape index (κ3) is 6.85. The van der Waals surface area contributed by atoms with Crippen molar-refractivity contribution in [2.24, 2.45) is 0 Å². The fraction of sp³-hybridized carbons (Fsp3) is 0.417. The number of phenolic OH excluding ortho intramolecular Hbond substituents is 1. The lowest BCUT2D eigenvalue weighted by Crippen LogP contribution is -2.36. The highest BCUT2D eigenvalue weighted by molar-refractivity contribution is 5.77. The Hall–Kier alpha value is -3.30. The van der Waals surface area contributed by atoms with Gasteiger partial charge in [0.05, 0.1) is 24.6 Å². The molecule has 6 nitrogen and oxygen atoms in total. The summed E-state index contributed by atoms with van der Waals surface area (Å²) in [5, 5.41) is 12.6. The van der Waals surface area contributed by atoms with Gasteiger partial charge in [-0.3, -0.25) is 4.79 Å². The van der Waals surface area contributed by atoms with E-state index in [9.17, 15) is 27.9 Å². The normalized spacial score (nSPS) is 12.7. The van der Waals surface area contributed by atoms with Gasteiger partial charge in [0.2, 0.25) is 0 Å². The van der Waals surface area contributed by atoms with E-state index >= 15 is 4.39 Å². The first kappa shape index (κ1) is 26.9. The lowest BCUT2D eigenvalue weighted by molar-refractivity contribution is -0.143. The SMILES string of the molecule is CCOC(=O)C[C@H](NC(=O)OC(C)(C)C)c1cc(-c2c(O)cccc2C(F)(F)F)cc(C)c1F. The van der Waals surface area contributed by atoms with Gasteiger partial charge in [-0.25, -0.2) is 9.18 Å². The van der Waals surface area contributed by atoms with Crippen LogP contribution < -0.4 is 5.32 Å². The summed E-state index contributed by atoms with van der Waals surface area (Å²) >= 11 is 0. The molecule has 2 aromatic rings. The minimum atomic E-state index is -4.80. The number of phenols is 1. The van der Waals surface area contributed by atoms with Crippen molar-refractivity contribution in [3.8, 4) is 16.9 Å². The zero-order valence-electron chi connectivity index (χ0n) is 19.5. The standard InChI is InChI=1S/C24H27F4NO5/c1-6-33-19(31)12-17(29-22(32)34-23(3,4)5)15-11-14(10-13(2)21(15)25)20-16(24(26,27)28)8-7-9-18(20)30/h7-11,17,30H,6,12H2,1-5H3,(H,29,32)/t17-/m0/s1. The summed E-state index contributed by atoms with van der Waals surface area (Å²) < 4.78 is 66.1. The number of aromatic hydroxyl groups is 1. The Morgan fingerprint density at radius 3 is 2.35 bits per heavy atom. The highest BCUT2D eigenvalue weighted by Crippen LogP contribution is 2.43. The number of ether oxygens (including phenoxy) is 2. The fourth-order valence-corrected chi connectivity index (χ4v) is 3.35. The van der Waals surface area contributed by atoms with Gasteiger partial charge in [-0.1, -0.05) is 6.07 Å². The molecule has 34 heavy (non-hydrogen) atoms. The number of rotatable bonds is 6. The minimum Gasteiger partial charge on any atom is -0.507 e. The van der Waals surface area contributed by atoms with Crippen LogP contribution in [-0.2, 0) is 20.4 Å². The third-order valence-electron chi connectivity index (χ3n) is 4.66. The Bertz CT molecular complexity index is 1060. The first-order chi connectivity index (χ1) is 15.6. The number of nitrogens with one attached hydrogen (secondary N) is 1. The van der Waals surface area contributed by atoms with E-state index in [1.807, 2.05) is 0 Å². The van der Waals surface area contributed by atoms with Gasteiger partial charge in [-0.05, 0) is 70.0 Å². The maximum atomic E-state index is 15.2. The summed E-state index contributed by atoms with van der Waals surface area (Å²) in [5.41, 5.74) is -3.02. The van der Waals surface area contributed by atoms with Gasteiger partial charge < -0.3 is 19.9 Å². The monoisotopic (exact) mass is 485 g/mol. The van der Waals surface area contributed by atoms with Gasteiger partial charge in [0.1, 0.15) is 17.2 Å². The van der Waals surface area contributed by atoms with E-state index in [1.54, 1.807) is 27.7 Å². The number of hydrogen-bond donors (Lipinski definition) is 2. The Morgan fingerprint density at radius 2 is 1.79 bits per heavy atom. The second-order valence-electron chi connectivity index (χ2n) is 8.60. The quantitative estimate of drug-likeness (QED) is 0.385. The zero-order valence-corrected chi connectivity index (χ0v) is 19.5. The van der Waals surface area contributed by atoms with Gasteiger partial charge in [-0.15, -0.1) is 0 Å². The van der Waals surface area contributed by atoms with E-state index in [-0.39, 0.29) is 23.3 Å². The van der Waals surface area contributed by atoms with Crippen LogP contribution in [0.5, 0.6) is 5.75 Å². The molecule has 186 valence electrons. The molecule has 0 aliphatic heterocycles. The van der Waals surface area contributed by atoms with Crippen LogP contribution in [0, 0.1) is 12.7 Å². The van der Waals surface area contributed by atoms with E-state index in [2.05, 4.69) is 5.32 Å². The van der Waals surface area contributed by atoms with E-state index in [1.165, 1.54) is 6.92 Å². The predicted molar refractivity (Wildman–Crippen MR) is 117 cm³/mol. The molecule has 1 atom stereocenters. The highest BCUT2D eigenvalue weighted by Gasteiger charge is 2.35. The average molecular weight is 485 g/mol. The molecule has 0 saturated carbocycles. The maximum absolute atomic E-state index is 15.2. The molecule has 2 rings (SSSR count). The fourth-order valence-electron chi connectivity index (χ4n) is 3.35. The smallest absolute Gasteiger partial charge is 0.417 e. The topological polar surface area (TPSA) is 84.9 Å². The van der Waals surface area contributed by atoms with Crippen molar-refractivity contribution in [2.75, 3.05) is 6.61 Å². The molecule has 0 aliphatic rings. The summed E-state index contributed by atoms with van der Waals surface area (Å²) in [5.74, 6) is -2.25. The number of carbonyl (C=O) groups is 2. The molecule has 0 bridgehead atoms. The number of halogens is 4. The Balaban J connectivity index is 2.65. The number of alkyl halides is 3. The third-order valence-corrected chi connectivity index (χ3v) is 4.66. The first-order valence-electron chi connectivity index (χ1n) is 10.5. The number of amides is 1. The van der Waals surface area contributed by atoms with Crippen LogP contribution in [0.15, 0.2) is 30.3 Å². The lowest BCUT2D eigenvalue weighted by atomic mass is 9.91. The summed E-state index contributed by atoms with van der Waals surface area (Å²) in [4.78, 5) is 24.5. The Kier molecular flexibility index (Phi) is 8.18. The molecule has 10 heteroatoms. The minimum absolute atomic E-state index is 0.0341. The number of aryl methyl sites for hydroxylation is 1. The van der Waals surface area contributed by atoms with Crippen molar-refractivity contribution in [1.82, 2.24) is 5.32 Å². The molecule has 0 radical (unpaired) electrons. The van der Waals surface area contributed by atoms with Crippen molar-refractivity contribution in [2.45, 2.75) is 58.9 Å². The molecule has 0 spiro atoms. The number of esters is 1. The van der Waals surface area contributed by atoms with E-state index in [0.717, 1.165) is 30.3 Å². The van der Waals surface area contributed by atoms with E-state index in [0.29, 0.717) is 0 Å². The van der Waals surface area contributed by atoms with Gasteiger partial charge in [0.25, 0.3) is 0 Å². The van der Waals surface area contributed by atoms with Crippen LogP contribution >= 0.6 is 0 Å². The molecule has 1 amide bonds. The largest absolute Gasteiger partial charge is 0.507 e. The summed E-state index contributed by atoms with van der Waals surface area (Å²) in [7, 11) is 0. The number of alkyl carbamates (subject to hydrolysis) is 1.